The summed E-state index contributed by atoms with van der Waals surface area (Å²) in [4.78, 5) is 11.5. The van der Waals surface area contributed by atoms with Crippen molar-refractivity contribution in [3.05, 3.63) is 58.9 Å². The number of rotatable bonds is 3. The fraction of sp³-hybridized carbons (Fsp3) is 0.0714. The van der Waals surface area contributed by atoms with Crippen molar-refractivity contribution in [1.82, 2.24) is 0 Å². The molecular formula is C14H7F5O3. The summed E-state index contributed by atoms with van der Waals surface area (Å²) < 4.78 is 69.6. The van der Waals surface area contributed by atoms with E-state index in [1.807, 2.05) is 0 Å². The number of phenols is 1. The van der Waals surface area contributed by atoms with E-state index < -0.39 is 47.2 Å². The Morgan fingerprint density at radius 1 is 0.864 bits per heavy atom. The van der Waals surface area contributed by atoms with Crippen LogP contribution in [-0.4, -0.2) is 11.1 Å². The van der Waals surface area contributed by atoms with Gasteiger partial charge in [0.1, 0.15) is 5.75 Å². The lowest BCUT2D eigenvalue weighted by molar-refractivity contribution is -0.134. The van der Waals surface area contributed by atoms with E-state index in [-0.39, 0.29) is 5.75 Å². The summed E-state index contributed by atoms with van der Waals surface area (Å²) in [7, 11) is 0. The van der Waals surface area contributed by atoms with Crippen molar-refractivity contribution in [2.24, 2.45) is 0 Å². The number of carbonyl (C=O) groups is 1. The molecule has 0 saturated carbocycles. The molecule has 0 aliphatic rings. The lowest BCUT2D eigenvalue weighted by atomic mass is 10.1. The summed E-state index contributed by atoms with van der Waals surface area (Å²) in [6, 6.07) is 5.16. The number of benzene rings is 2. The number of ether oxygens (including phenoxy) is 1. The second kappa shape index (κ2) is 6.00. The Morgan fingerprint density at radius 2 is 1.32 bits per heavy atom. The molecule has 0 radical (unpaired) electrons. The van der Waals surface area contributed by atoms with Gasteiger partial charge in [-0.15, -0.1) is 0 Å². The number of carbonyl (C=O) groups excluding carboxylic acids is 1. The lowest BCUT2D eigenvalue weighted by Gasteiger charge is -2.09. The average molecular weight is 318 g/mol. The molecule has 116 valence electrons. The number of esters is 1. The standard InChI is InChI=1S/C14H7F5O3/c15-9-10(16)12(18)14(13(19)11(9)17)22-8(21)5-6-1-3-7(20)4-2-6/h1-4,20H,5H2. The zero-order valence-electron chi connectivity index (χ0n) is 10.7. The van der Waals surface area contributed by atoms with Crippen LogP contribution in [0.15, 0.2) is 24.3 Å². The molecule has 0 heterocycles. The molecule has 2 aromatic carbocycles. The highest BCUT2D eigenvalue weighted by molar-refractivity contribution is 5.75. The third kappa shape index (κ3) is 3.00. The first-order valence-electron chi connectivity index (χ1n) is 5.81. The first-order chi connectivity index (χ1) is 10.3. The van der Waals surface area contributed by atoms with Gasteiger partial charge in [0.05, 0.1) is 6.42 Å². The molecular weight excluding hydrogens is 311 g/mol. The fourth-order valence-electron chi connectivity index (χ4n) is 1.60. The summed E-state index contributed by atoms with van der Waals surface area (Å²) >= 11 is 0. The number of hydrogen-bond donors (Lipinski definition) is 1. The highest BCUT2D eigenvalue weighted by atomic mass is 19.2. The number of hydrogen-bond acceptors (Lipinski definition) is 3. The Labute approximate surface area is 120 Å². The third-order valence-corrected chi connectivity index (χ3v) is 2.67. The number of halogens is 5. The van der Waals surface area contributed by atoms with Crippen LogP contribution in [0.5, 0.6) is 11.5 Å². The molecule has 0 spiro atoms. The molecule has 0 saturated heterocycles. The first kappa shape index (κ1) is 15.7. The van der Waals surface area contributed by atoms with Crippen molar-refractivity contribution in [2.75, 3.05) is 0 Å². The maximum Gasteiger partial charge on any atom is 0.315 e. The quantitative estimate of drug-likeness (QED) is 0.311. The zero-order valence-corrected chi connectivity index (χ0v) is 10.7. The maximum atomic E-state index is 13.3. The van der Waals surface area contributed by atoms with Crippen molar-refractivity contribution in [3.8, 4) is 11.5 Å². The number of aromatic hydroxyl groups is 1. The van der Waals surface area contributed by atoms with Gasteiger partial charge in [0.25, 0.3) is 0 Å². The van der Waals surface area contributed by atoms with Crippen LogP contribution >= 0.6 is 0 Å². The summed E-state index contributed by atoms with van der Waals surface area (Å²) in [5.74, 6) is -14.2. The van der Waals surface area contributed by atoms with Crippen LogP contribution in [-0.2, 0) is 11.2 Å². The SMILES string of the molecule is O=C(Cc1ccc(O)cc1)Oc1c(F)c(F)c(F)c(F)c1F. The predicted octanol–water partition coefficient (Wildman–Crippen LogP) is 3.24. The second-order valence-electron chi connectivity index (χ2n) is 4.22. The molecule has 0 aliphatic carbocycles. The Balaban J connectivity index is 2.24. The van der Waals surface area contributed by atoms with Gasteiger partial charge in [-0.3, -0.25) is 4.79 Å². The van der Waals surface area contributed by atoms with E-state index in [4.69, 9.17) is 5.11 Å². The zero-order chi connectivity index (χ0) is 16.4. The average Bonchev–Trinajstić information content (AvgIpc) is 2.50. The minimum Gasteiger partial charge on any atom is -0.508 e. The smallest absolute Gasteiger partial charge is 0.315 e. The molecule has 0 aliphatic heterocycles. The third-order valence-electron chi connectivity index (χ3n) is 2.67. The lowest BCUT2D eigenvalue weighted by Crippen LogP contribution is -2.15. The first-order valence-corrected chi connectivity index (χ1v) is 5.81. The molecule has 1 N–H and O–H groups in total. The van der Waals surface area contributed by atoms with Crippen LogP contribution in [0, 0.1) is 29.1 Å². The molecule has 2 aromatic rings. The van der Waals surface area contributed by atoms with Crippen molar-refractivity contribution in [3.63, 3.8) is 0 Å². The van der Waals surface area contributed by atoms with Crippen LogP contribution in [0.2, 0.25) is 0 Å². The van der Waals surface area contributed by atoms with E-state index in [1.54, 1.807) is 0 Å². The molecule has 22 heavy (non-hydrogen) atoms. The maximum absolute atomic E-state index is 13.3. The Bertz CT molecular complexity index is 699. The Hall–Kier alpha value is -2.64. The van der Waals surface area contributed by atoms with Gasteiger partial charge in [-0.25, -0.2) is 13.2 Å². The largest absolute Gasteiger partial charge is 0.508 e. The van der Waals surface area contributed by atoms with Gasteiger partial charge in [-0.05, 0) is 17.7 Å². The van der Waals surface area contributed by atoms with Gasteiger partial charge in [-0.2, -0.15) is 8.78 Å². The van der Waals surface area contributed by atoms with E-state index in [0.29, 0.717) is 5.56 Å². The van der Waals surface area contributed by atoms with Crippen molar-refractivity contribution >= 4 is 5.97 Å². The summed E-state index contributed by atoms with van der Waals surface area (Å²) in [5, 5.41) is 9.05. The van der Waals surface area contributed by atoms with Gasteiger partial charge in [0, 0.05) is 0 Å². The van der Waals surface area contributed by atoms with Crippen LogP contribution in [0.1, 0.15) is 5.56 Å². The normalized spacial score (nSPS) is 10.6. The molecule has 0 fully saturated rings. The monoisotopic (exact) mass is 318 g/mol. The molecule has 3 nitrogen and oxygen atoms in total. The van der Waals surface area contributed by atoms with Gasteiger partial charge in [0.15, 0.2) is 0 Å². The highest BCUT2D eigenvalue weighted by Gasteiger charge is 2.28. The van der Waals surface area contributed by atoms with Gasteiger partial charge in [-0.1, -0.05) is 12.1 Å². The van der Waals surface area contributed by atoms with Gasteiger partial charge >= 0.3 is 5.97 Å². The Kier molecular flexibility index (Phi) is 4.30. The van der Waals surface area contributed by atoms with Crippen LogP contribution in [0.3, 0.4) is 0 Å². The van der Waals surface area contributed by atoms with E-state index in [2.05, 4.69) is 4.74 Å². The Morgan fingerprint density at radius 3 is 1.82 bits per heavy atom. The van der Waals surface area contributed by atoms with Gasteiger partial charge < -0.3 is 9.84 Å². The van der Waals surface area contributed by atoms with Gasteiger partial charge in [0.2, 0.25) is 34.8 Å². The number of phenolic OH excluding ortho intramolecular Hbond substituents is 1. The molecule has 0 unspecified atom stereocenters. The van der Waals surface area contributed by atoms with E-state index in [9.17, 15) is 26.7 Å². The highest BCUT2D eigenvalue weighted by Crippen LogP contribution is 2.29. The molecule has 8 heteroatoms. The summed E-state index contributed by atoms with van der Waals surface area (Å²) in [6.45, 7) is 0. The van der Waals surface area contributed by atoms with Crippen molar-refractivity contribution in [1.29, 1.82) is 0 Å². The summed E-state index contributed by atoms with van der Waals surface area (Å²) in [5.41, 5.74) is 0.312. The van der Waals surface area contributed by atoms with Crippen molar-refractivity contribution in [2.45, 2.75) is 6.42 Å². The van der Waals surface area contributed by atoms with E-state index in [0.717, 1.165) is 0 Å². The predicted molar refractivity (Wildman–Crippen MR) is 63.7 cm³/mol. The van der Waals surface area contributed by atoms with Crippen molar-refractivity contribution < 1.29 is 36.6 Å². The molecule has 0 aromatic heterocycles. The minimum absolute atomic E-state index is 0.0723. The van der Waals surface area contributed by atoms with Crippen LogP contribution < -0.4 is 4.74 Å². The minimum atomic E-state index is -2.34. The van der Waals surface area contributed by atoms with E-state index >= 15 is 0 Å². The molecule has 2 rings (SSSR count). The molecule has 0 amide bonds. The topological polar surface area (TPSA) is 46.5 Å². The molecule has 0 bridgehead atoms. The fourth-order valence-corrected chi connectivity index (χ4v) is 1.60. The summed E-state index contributed by atoms with van der Waals surface area (Å²) in [6.07, 6.45) is -0.486. The van der Waals surface area contributed by atoms with Crippen LogP contribution in [0.4, 0.5) is 22.0 Å². The van der Waals surface area contributed by atoms with E-state index in [1.165, 1.54) is 24.3 Å². The molecule has 0 atom stereocenters. The second-order valence-corrected chi connectivity index (χ2v) is 4.22. The van der Waals surface area contributed by atoms with Crippen LogP contribution in [0.25, 0.3) is 0 Å².